The van der Waals surface area contributed by atoms with Crippen LogP contribution in [-0.2, 0) is 4.79 Å². The summed E-state index contributed by atoms with van der Waals surface area (Å²) in [4.78, 5) is 12.2. The van der Waals surface area contributed by atoms with Crippen molar-refractivity contribution < 1.29 is 14.3 Å². The molecule has 0 heterocycles. The Kier molecular flexibility index (Phi) is 4.49. The minimum atomic E-state index is -0.924. The second-order valence-corrected chi connectivity index (χ2v) is 7.48. The van der Waals surface area contributed by atoms with Crippen LogP contribution in [0.15, 0.2) is 53.4 Å². The van der Waals surface area contributed by atoms with E-state index < -0.39 is 5.97 Å². The van der Waals surface area contributed by atoms with E-state index in [0.717, 1.165) is 16.7 Å². The Morgan fingerprint density at radius 1 is 1.21 bits per heavy atom. The van der Waals surface area contributed by atoms with Crippen molar-refractivity contribution in [3.63, 3.8) is 0 Å². The van der Waals surface area contributed by atoms with Gasteiger partial charge >= 0.3 is 5.97 Å². The van der Waals surface area contributed by atoms with Crippen molar-refractivity contribution in [3.05, 3.63) is 71.0 Å². The van der Waals surface area contributed by atoms with Crippen molar-refractivity contribution >= 4 is 39.5 Å². The third-order valence-electron chi connectivity index (χ3n) is 3.91. The first-order valence-electron chi connectivity index (χ1n) is 7.44. The van der Waals surface area contributed by atoms with E-state index in [0.29, 0.717) is 11.1 Å². The van der Waals surface area contributed by atoms with Gasteiger partial charge in [-0.15, -0.1) is 0 Å². The van der Waals surface area contributed by atoms with Crippen LogP contribution < -0.4 is 0 Å². The van der Waals surface area contributed by atoms with Gasteiger partial charge in [0.2, 0.25) is 0 Å². The number of hydrogen-bond donors (Lipinski definition) is 1. The molecule has 1 N–H and O–H groups in total. The summed E-state index contributed by atoms with van der Waals surface area (Å²) in [7, 11) is -0.0320. The summed E-state index contributed by atoms with van der Waals surface area (Å²) in [6, 6.07) is 12.6. The SMILES string of the molecule is C=S(C)c1ccc(/C=C2\C=C(CC(=O)O)c3cc(F)ccc32)cc1. The number of aliphatic carboxylic acids is 1. The van der Waals surface area contributed by atoms with Crippen LogP contribution >= 0.6 is 10.5 Å². The van der Waals surface area contributed by atoms with E-state index in [4.69, 9.17) is 5.11 Å². The van der Waals surface area contributed by atoms with Gasteiger partial charge in [0, 0.05) is 4.90 Å². The molecule has 24 heavy (non-hydrogen) atoms. The largest absolute Gasteiger partial charge is 0.481 e. The lowest BCUT2D eigenvalue weighted by molar-refractivity contribution is -0.135. The number of carboxylic acid groups (broad SMARTS) is 1. The summed E-state index contributed by atoms with van der Waals surface area (Å²) in [6.07, 6.45) is 5.77. The lowest BCUT2D eigenvalue weighted by Gasteiger charge is -2.05. The molecule has 0 saturated heterocycles. The fourth-order valence-corrected chi connectivity index (χ4v) is 3.38. The third-order valence-corrected chi connectivity index (χ3v) is 4.99. The van der Waals surface area contributed by atoms with Gasteiger partial charge in [0.25, 0.3) is 0 Å². The van der Waals surface area contributed by atoms with Crippen molar-refractivity contribution in [1.29, 1.82) is 0 Å². The molecular weight excluding hydrogens is 323 g/mol. The molecule has 0 amide bonds. The van der Waals surface area contributed by atoms with E-state index in [1.165, 1.54) is 17.0 Å². The first-order valence-corrected chi connectivity index (χ1v) is 9.24. The molecule has 0 aliphatic heterocycles. The highest BCUT2D eigenvalue weighted by Gasteiger charge is 2.20. The van der Waals surface area contributed by atoms with Gasteiger partial charge in [0.15, 0.2) is 0 Å². The molecule has 1 aliphatic rings. The summed E-state index contributed by atoms with van der Waals surface area (Å²) in [5, 5.41) is 9.07. The van der Waals surface area contributed by atoms with Gasteiger partial charge in [-0.05, 0) is 70.5 Å². The summed E-state index contributed by atoms with van der Waals surface area (Å²) in [5.74, 6) is 2.75. The smallest absolute Gasteiger partial charge is 0.307 e. The second kappa shape index (κ2) is 6.57. The van der Waals surface area contributed by atoms with Gasteiger partial charge in [0.1, 0.15) is 5.82 Å². The molecule has 1 atom stereocenters. The molecule has 0 spiro atoms. The first-order chi connectivity index (χ1) is 11.4. The lowest BCUT2D eigenvalue weighted by Crippen LogP contribution is -1.96. The number of hydrogen-bond acceptors (Lipinski definition) is 1. The Morgan fingerprint density at radius 2 is 1.92 bits per heavy atom. The lowest BCUT2D eigenvalue weighted by atomic mass is 10.0. The highest BCUT2D eigenvalue weighted by atomic mass is 32.2. The first kappa shape index (κ1) is 16.4. The Balaban J connectivity index is 2.02. The molecule has 0 radical (unpaired) electrons. The van der Waals surface area contributed by atoms with Crippen molar-refractivity contribution in [2.75, 3.05) is 6.26 Å². The molecule has 0 aromatic heterocycles. The minimum absolute atomic E-state index is 0.0320. The van der Waals surface area contributed by atoms with Crippen LogP contribution in [0.5, 0.6) is 0 Å². The van der Waals surface area contributed by atoms with E-state index in [9.17, 15) is 9.18 Å². The zero-order valence-electron chi connectivity index (χ0n) is 13.3. The van der Waals surface area contributed by atoms with E-state index >= 15 is 0 Å². The van der Waals surface area contributed by atoms with Gasteiger partial charge in [-0.25, -0.2) is 4.39 Å². The Morgan fingerprint density at radius 3 is 2.54 bits per heavy atom. The van der Waals surface area contributed by atoms with Crippen LogP contribution in [0.2, 0.25) is 0 Å². The molecule has 0 bridgehead atoms. The Bertz CT molecular complexity index is 892. The molecular formula is C20H17FO2S. The minimum Gasteiger partial charge on any atom is -0.481 e. The summed E-state index contributed by atoms with van der Waals surface area (Å²) in [5.41, 5.74) is 4.08. The zero-order valence-corrected chi connectivity index (χ0v) is 14.1. The summed E-state index contributed by atoms with van der Waals surface area (Å²) < 4.78 is 13.5. The van der Waals surface area contributed by atoms with Gasteiger partial charge in [-0.2, -0.15) is 10.5 Å². The molecule has 1 aliphatic carbocycles. The maximum absolute atomic E-state index is 13.5. The molecule has 4 heteroatoms. The molecule has 2 aromatic carbocycles. The van der Waals surface area contributed by atoms with Crippen LogP contribution in [0, 0.1) is 5.82 Å². The van der Waals surface area contributed by atoms with Crippen LogP contribution in [-0.4, -0.2) is 23.2 Å². The van der Waals surface area contributed by atoms with E-state index in [-0.39, 0.29) is 22.7 Å². The molecule has 0 fully saturated rings. The van der Waals surface area contributed by atoms with Crippen LogP contribution in [0.25, 0.3) is 17.2 Å². The fraction of sp³-hybridized carbons (Fsp3) is 0.100. The maximum Gasteiger partial charge on any atom is 0.307 e. The monoisotopic (exact) mass is 340 g/mol. The molecule has 2 aromatic rings. The van der Waals surface area contributed by atoms with Crippen LogP contribution in [0.4, 0.5) is 4.39 Å². The average molecular weight is 340 g/mol. The van der Waals surface area contributed by atoms with E-state index in [1.807, 2.05) is 36.4 Å². The van der Waals surface area contributed by atoms with Crippen molar-refractivity contribution in [1.82, 2.24) is 0 Å². The summed E-state index contributed by atoms with van der Waals surface area (Å²) >= 11 is 0. The van der Waals surface area contributed by atoms with Crippen molar-refractivity contribution in [2.45, 2.75) is 11.3 Å². The highest BCUT2D eigenvalue weighted by molar-refractivity contribution is 8.13. The number of allylic oxidation sites excluding steroid dienone is 2. The molecule has 2 nitrogen and oxygen atoms in total. The Hall–Kier alpha value is -2.46. The maximum atomic E-state index is 13.5. The van der Waals surface area contributed by atoms with Gasteiger partial charge in [-0.1, -0.05) is 24.1 Å². The average Bonchev–Trinajstić information content (AvgIpc) is 2.84. The molecule has 122 valence electrons. The van der Waals surface area contributed by atoms with Gasteiger partial charge in [-0.3, -0.25) is 4.79 Å². The normalized spacial score (nSPS) is 15.9. The number of rotatable bonds is 4. The van der Waals surface area contributed by atoms with E-state index in [1.54, 1.807) is 6.07 Å². The van der Waals surface area contributed by atoms with Crippen molar-refractivity contribution in [3.8, 4) is 0 Å². The quantitative estimate of drug-likeness (QED) is 0.802. The second-order valence-electron chi connectivity index (χ2n) is 5.74. The van der Waals surface area contributed by atoms with Gasteiger partial charge < -0.3 is 5.11 Å². The van der Waals surface area contributed by atoms with Crippen LogP contribution in [0.3, 0.4) is 0 Å². The number of halogens is 1. The molecule has 3 rings (SSSR count). The standard InChI is InChI=1S/C20H17FO2S/c1-24(2)17-6-3-13(4-7-17)9-14-10-15(11-20(22)23)19-12-16(21)5-8-18(14)19/h3-10,12H,1,11H2,2H3,(H,22,23)/b14-9+. The van der Waals surface area contributed by atoms with Gasteiger partial charge in [0.05, 0.1) is 6.42 Å². The number of carbonyl (C=O) groups is 1. The summed E-state index contributed by atoms with van der Waals surface area (Å²) in [6.45, 7) is 0. The number of fused-ring (bicyclic) bond motifs is 1. The predicted molar refractivity (Wildman–Crippen MR) is 99.8 cm³/mol. The topological polar surface area (TPSA) is 37.3 Å². The molecule has 0 saturated carbocycles. The van der Waals surface area contributed by atoms with Crippen molar-refractivity contribution in [2.24, 2.45) is 0 Å². The fourth-order valence-electron chi connectivity index (χ4n) is 2.78. The molecule has 1 unspecified atom stereocenters. The zero-order chi connectivity index (χ0) is 17.3. The number of benzene rings is 2. The number of carboxylic acids is 1. The van der Waals surface area contributed by atoms with E-state index in [2.05, 4.69) is 12.1 Å². The van der Waals surface area contributed by atoms with Crippen LogP contribution in [0.1, 0.15) is 23.1 Å². The highest BCUT2D eigenvalue weighted by Crippen LogP contribution is 2.38. The third kappa shape index (κ3) is 3.39. The predicted octanol–water partition coefficient (Wildman–Crippen LogP) is 4.93. The Labute approximate surface area is 142 Å².